The van der Waals surface area contributed by atoms with Gasteiger partial charge in [-0.3, -0.25) is 0 Å². The first-order chi connectivity index (χ1) is 10.7. The molecule has 1 aliphatic heterocycles. The Bertz CT molecular complexity index is 653. The van der Waals surface area contributed by atoms with Crippen LogP contribution < -0.4 is 24.0 Å². The van der Waals surface area contributed by atoms with Crippen molar-refractivity contribution in [2.75, 3.05) is 20.1 Å². The first-order valence-electron chi connectivity index (χ1n) is 8.00. The van der Waals surface area contributed by atoms with Crippen LogP contribution in [0, 0.1) is 11.3 Å². The van der Waals surface area contributed by atoms with E-state index in [0.717, 1.165) is 37.0 Å². The lowest BCUT2D eigenvalue weighted by molar-refractivity contribution is -0.928. The van der Waals surface area contributed by atoms with Gasteiger partial charge < -0.3 is 28.5 Å². The zero-order chi connectivity index (χ0) is 15.5. The molecule has 120 valence electrons. The zero-order valence-electron chi connectivity index (χ0n) is 13.6. The van der Waals surface area contributed by atoms with Gasteiger partial charge in [0.15, 0.2) is 0 Å². The number of nitrogens with zero attached hydrogens (tertiary/aromatic N) is 2. The molecule has 0 bridgehead atoms. The van der Waals surface area contributed by atoms with Gasteiger partial charge in [0, 0.05) is 18.4 Å². The van der Waals surface area contributed by atoms with Gasteiger partial charge in [0.05, 0.1) is 31.6 Å². The van der Waals surface area contributed by atoms with Crippen LogP contribution in [-0.4, -0.2) is 24.6 Å². The molecule has 0 unspecified atom stereocenters. The van der Waals surface area contributed by atoms with Gasteiger partial charge in [-0.2, -0.15) is 5.26 Å². The van der Waals surface area contributed by atoms with Crippen molar-refractivity contribution in [3.63, 3.8) is 0 Å². The molecular formula is C20H23IN2. The van der Waals surface area contributed by atoms with E-state index in [0.29, 0.717) is 0 Å². The van der Waals surface area contributed by atoms with E-state index in [9.17, 15) is 5.26 Å². The number of hydrogen-bond donors (Lipinski definition) is 0. The van der Waals surface area contributed by atoms with Crippen LogP contribution in [0.1, 0.15) is 24.0 Å². The Balaban J connectivity index is 0.00000192. The van der Waals surface area contributed by atoms with Crippen LogP contribution in [0.5, 0.6) is 0 Å². The third-order valence-corrected chi connectivity index (χ3v) is 5.10. The van der Waals surface area contributed by atoms with E-state index < -0.39 is 0 Å². The SMILES string of the molecule is C[N+]1(Cc2ccccc2)CCC(C#N)(c2ccccc2)CC1.[I-]. The van der Waals surface area contributed by atoms with Crippen molar-refractivity contribution in [3.05, 3.63) is 71.8 Å². The minimum atomic E-state index is -0.296. The summed E-state index contributed by atoms with van der Waals surface area (Å²) in [6.45, 7) is 3.16. The molecule has 0 radical (unpaired) electrons. The average Bonchev–Trinajstić information content (AvgIpc) is 2.58. The Morgan fingerprint density at radius 2 is 1.48 bits per heavy atom. The monoisotopic (exact) mass is 418 g/mol. The highest BCUT2D eigenvalue weighted by Crippen LogP contribution is 2.37. The number of nitriles is 1. The predicted octanol–water partition coefficient (Wildman–Crippen LogP) is 0.893. The van der Waals surface area contributed by atoms with Crippen LogP contribution in [0.2, 0.25) is 0 Å². The maximum absolute atomic E-state index is 9.80. The Kier molecular flexibility index (Phi) is 5.83. The fraction of sp³-hybridized carbons (Fsp3) is 0.350. The molecule has 0 aromatic heterocycles. The molecule has 3 heteroatoms. The van der Waals surface area contributed by atoms with E-state index in [4.69, 9.17) is 0 Å². The summed E-state index contributed by atoms with van der Waals surface area (Å²) < 4.78 is 1.03. The minimum Gasteiger partial charge on any atom is -1.00 e. The van der Waals surface area contributed by atoms with E-state index in [-0.39, 0.29) is 29.4 Å². The van der Waals surface area contributed by atoms with Crippen molar-refractivity contribution in [1.82, 2.24) is 0 Å². The third-order valence-electron chi connectivity index (χ3n) is 5.10. The van der Waals surface area contributed by atoms with E-state index >= 15 is 0 Å². The molecule has 1 heterocycles. The van der Waals surface area contributed by atoms with E-state index in [1.165, 1.54) is 11.1 Å². The van der Waals surface area contributed by atoms with Crippen LogP contribution in [0.4, 0.5) is 0 Å². The quantitative estimate of drug-likeness (QED) is 0.537. The predicted molar refractivity (Wildman–Crippen MR) is 89.0 cm³/mol. The van der Waals surface area contributed by atoms with Crippen molar-refractivity contribution >= 4 is 0 Å². The van der Waals surface area contributed by atoms with Crippen molar-refractivity contribution < 1.29 is 28.5 Å². The van der Waals surface area contributed by atoms with E-state index in [1.54, 1.807) is 0 Å². The minimum absolute atomic E-state index is 0. The van der Waals surface area contributed by atoms with Crippen molar-refractivity contribution in [2.45, 2.75) is 24.8 Å². The summed E-state index contributed by atoms with van der Waals surface area (Å²) >= 11 is 0. The molecule has 1 aliphatic rings. The average molecular weight is 418 g/mol. The number of halogens is 1. The molecule has 0 N–H and O–H groups in total. The van der Waals surface area contributed by atoms with Crippen LogP contribution in [-0.2, 0) is 12.0 Å². The summed E-state index contributed by atoms with van der Waals surface area (Å²) in [6.07, 6.45) is 1.88. The molecule has 1 fully saturated rings. The maximum atomic E-state index is 9.80. The first kappa shape index (κ1) is 18.0. The number of benzene rings is 2. The lowest BCUT2D eigenvalue weighted by Gasteiger charge is -2.44. The van der Waals surface area contributed by atoms with E-state index in [2.05, 4.69) is 55.6 Å². The van der Waals surface area contributed by atoms with Gasteiger partial charge in [-0.1, -0.05) is 60.7 Å². The maximum Gasteiger partial charge on any atom is 0.104 e. The second kappa shape index (κ2) is 7.46. The third kappa shape index (κ3) is 3.94. The van der Waals surface area contributed by atoms with Crippen LogP contribution in [0.25, 0.3) is 0 Å². The molecule has 0 atom stereocenters. The Morgan fingerprint density at radius 3 is 2.00 bits per heavy atom. The molecule has 1 saturated heterocycles. The number of hydrogen-bond acceptors (Lipinski definition) is 1. The van der Waals surface area contributed by atoms with Gasteiger partial charge in [-0.15, -0.1) is 0 Å². The molecule has 0 spiro atoms. The molecule has 2 aromatic carbocycles. The fourth-order valence-corrected chi connectivity index (χ4v) is 3.56. The summed E-state index contributed by atoms with van der Waals surface area (Å²) in [5.41, 5.74) is 2.27. The summed E-state index contributed by atoms with van der Waals surface area (Å²) in [4.78, 5) is 0. The molecule has 23 heavy (non-hydrogen) atoms. The normalized spacial score (nSPS) is 26.8. The lowest BCUT2D eigenvalue weighted by Crippen LogP contribution is -3.00. The highest BCUT2D eigenvalue weighted by molar-refractivity contribution is 5.32. The zero-order valence-corrected chi connectivity index (χ0v) is 15.7. The van der Waals surface area contributed by atoms with Crippen LogP contribution in [0.15, 0.2) is 60.7 Å². The Hall–Kier alpha value is -1.38. The topological polar surface area (TPSA) is 23.8 Å². The number of piperidine rings is 1. The molecule has 0 amide bonds. The van der Waals surface area contributed by atoms with Crippen molar-refractivity contribution in [1.29, 1.82) is 5.26 Å². The first-order valence-corrected chi connectivity index (χ1v) is 8.00. The second-order valence-electron chi connectivity index (χ2n) is 6.77. The fourth-order valence-electron chi connectivity index (χ4n) is 3.56. The highest BCUT2D eigenvalue weighted by atomic mass is 127. The molecular weight excluding hydrogens is 395 g/mol. The summed E-state index contributed by atoms with van der Waals surface area (Å²) in [6, 6.07) is 23.6. The second-order valence-corrected chi connectivity index (χ2v) is 6.77. The smallest absolute Gasteiger partial charge is 0.104 e. The standard InChI is InChI=1S/C20H23N2.HI/c1-22(16-18-8-4-2-5-9-18)14-12-20(17-21,13-15-22)19-10-6-3-7-11-19;/h2-11H,12-16H2,1H3;1H/q+1;/p-1. The van der Waals surface area contributed by atoms with Gasteiger partial charge in [-0.25, -0.2) is 0 Å². The molecule has 2 nitrogen and oxygen atoms in total. The van der Waals surface area contributed by atoms with Gasteiger partial charge in [0.1, 0.15) is 6.54 Å². The Labute approximate surface area is 156 Å². The summed E-state index contributed by atoms with van der Waals surface area (Å²) in [5.74, 6) is 0. The largest absolute Gasteiger partial charge is 1.00 e. The lowest BCUT2D eigenvalue weighted by atomic mass is 9.73. The summed E-state index contributed by atoms with van der Waals surface area (Å²) in [5, 5.41) is 9.80. The van der Waals surface area contributed by atoms with Crippen LogP contribution in [0.3, 0.4) is 0 Å². The number of rotatable bonds is 3. The summed E-state index contributed by atoms with van der Waals surface area (Å²) in [7, 11) is 2.32. The Morgan fingerprint density at radius 1 is 0.957 bits per heavy atom. The highest BCUT2D eigenvalue weighted by Gasteiger charge is 2.42. The van der Waals surface area contributed by atoms with Gasteiger partial charge in [-0.05, 0) is 5.56 Å². The van der Waals surface area contributed by atoms with Gasteiger partial charge in [0.25, 0.3) is 0 Å². The van der Waals surface area contributed by atoms with Crippen molar-refractivity contribution in [2.24, 2.45) is 0 Å². The van der Waals surface area contributed by atoms with E-state index in [1.807, 2.05) is 18.2 Å². The van der Waals surface area contributed by atoms with Crippen LogP contribution >= 0.6 is 0 Å². The molecule has 0 saturated carbocycles. The van der Waals surface area contributed by atoms with Crippen molar-refractivity contribution in [3.8, 4) is 6.07 Å². The molecule has 3 rings (SSSR count). The molecule has 0 aliphatic carbocycles. The number of likely N-dealkylation sites (tertiary alicyclic amines) is 1. The van der Waals surface area contributed by atoms with Gasteiger partial charge >= 0.3 is 0 Å². The molecule has 2 aromatic rings. The number of quaternary nitrogens is 1. The van der Waals surface area contributed by atoms with Gasteiger partial charge in [0.2, 0.25) is 0 Å².